The molecule has 1 saturated heterocycles. The lowest BCUT2D eigenvalue weighted by Gasteiger charge is -2.26. The number of halogens is 1. The number of hydrogen-bond acceptors (Lipinski definition) is 5. The molecule has 3 rings (SSSR count). The normalized spacial score (nSPS) is 13.6. The number of carbonyl (C=O) groups is 2. The van der Waals surface area contributed by atoms with Crippen molar-refractivity contribution in [2.24, 2.45) is 5.92 Å². The molecule has 0 bridgehead atoms. The van der Waals surface area contributed by atoms with E-state index in [1.807, 2.05) is 0 Å². The zero-order valence-corrected chi connectivity index (χ0v) is 20.4. The number of anilines is 1. The molecule has 0 spiro atoms. The summed E-state index contributed by atoms with van der Waals surface area (Å²) in [5.41, 5.74) is 1.72. The molecule has 7 nitrogen and oxygen atoms in total. The van der Waals surface area contributed by atoms with Gasteiger partial charge in [-0.05, 0) is 76.5 Å². The van der Waals surface area contributed by atoms with E-state index in [0.717, 1.165) is 0 Å². The van der Waals surface area contributed by atoms with Gasteiger partial charge in [0, 0.05) is 29.9 Å². The first-order valence-corrected chi connectivity index (χ1v) is 11.6. The number of nitrogens with zero attached hydrogens (tertiary/aromatic N) is 1. The molecule has 1 fully saturated rings. The average molecular weight is 520 g/mol. The van der Waals surface area contributed by atoms with Crippen molar-refractivity contribution in [2.45, 2.75) is 13.8 Å². The first kappa shape index (κ1) is 24.2. The Morgan fingerprint density at radius 3 is 2.41 bits per heavy atom. The Hall–Kier alpha value is -2.49. The highest BCUT2D eigenvalue weighted by molar-refractivity contribution is 9.10. The molecule has 0 unspecified atom stereocenters. The van der Waals surface area contributed by atoms with Crippen LogP contribution in [0.15, 0.2) is 46.9 Å². The van der Waals surface area contributed by atoms with Crippen LogP contribution in [-0.2, 0) is 4.74 Å². The quantitative estimate of drug-likeness (QED) is 0.559. The van der Waals surface area contributed by atoms with Gasteiger partial charge in [0.2, 0.25) is 0 Å². The topological polar surface area (TPSA) is 79.9 Å². The summed E-state index contributed by atoms with van der Waals surface area (Å²) in [6.45, 7) is 7.03. The van der Waals surface area contributed by atoms with E-state index >= 15 is 0 Å². The molecule has 32 heavy (non-hydrogen) atoms. The van der Waals surface area contributed by atoms with Crippen molar-refractivity contribution >= 4 is 50.8 Å². The maximum atomic E-state index is 12.5. The van der Waals surface area contributed by atoms with Gasteiger partial charge < -0.3 is 19.7 Å². The Bertz CT molecular complexity index is 976. The fourth-order valence-corrected chi connectivity index (χ4v) is 3.70. The van der Waals surface area contributed by atoms with Crippen LogP contribution in [0.4, 0.5) is 5.69 Å². The predicted molar refractivity (Wildman–Crippen MR) is 131 cm³/mol. The fourth-order valence-electron chi connectivity index (χ4n) is 3.00. The van der Waals surface area contributed by atoms with Gasteiger partial charge in [0.05, 0.1) is 24.3 Å². The number of benzene rings is 2. The smallest absolute Gasteiger partial charge is 0.257 e. The number of ether oxygens (including phenoxy) is 2. The molecular weight excluding hydrogens is 494 g/mol. The number of nitrogens with one attached hydrogen (secondary N) is 2. The highest BCUT2D eigenvalue weighted by atomic mass is 79.9. The SMILES string of the molecule is CC(C)COc1ccc(C(=O)NC(=S)Nc2ccc(C(=O)N3CCOCC3)cc2)cc1Br. The predicted octanol–water partition coefficient (Wildman–Crippen LogP) is 4.08. The van der Waals surface area contributed by atoms with Crippen LogP contribution in [0.2, 0.25) is 0 Å². The van der Waals surface area contributed by atoms with Gasteiger partial charge in [0.15, 0.2) is 5.11 Å². The first-order valence-electron chi connectivity index (χ1n) is 10.3. The van der Waals surface area contributed by atoms with E-state index in [2.05, 4.69) is 40.4 Å². The van der Waals surface area contributed by atoms with Gasteiger partial charge in [-0.3, -0.25) is 14.9 Å². The standard InChI is InChI=1S/C23H26BrN3O4S/c1-15(2)14-31-20-8-5-17(13-19(20)24)21(28)26-23(32)25-18-6-3-16(4-7-18)22(29)27-9-11-30-12-10-27/h3-8,13,15H,9-12,14H2,1-2H3,(H2,25,26,28,32). The van der Waals surface area contributed by atoms with Crippen molar-refractivity contribution in [3.63, 3.8) is 0 Å². The van der Waals surface area contributed by atoms with Crippen LogP contribution < -0.4 is 15.4 Å². The molecule has 170 valence electrons. The van der Waals surface area contributed by atoms with Gasteiger partial charge in [-0.15, -0.1) is 0 Å². The zero-order valence-electron chi connectivity index (χ0n) is 18.0. The Kier molecular flexibility index (Phi) is 8.60. The minimum Gasteiger partial charge on any atom is -0.492 e. The summed E-state index contributed by atoms with van der Waals surface area (Å²) in [4.78, 5) is 26.8. The monoisotopic (exact) mass is 519 g/mol. The van der Waals surface area contributed by atoms with E-state index < -0.39 is 0 Å². The third-order valence-corrected chi connectivity index (χ3v) is 5.51. The molecule has 1 aliphatic heterocycles. The number of amides is 2. The number of rotatable bonds is 6. The molecule has 0 aromatic heterocycles. The Morgan fingerprint density at radius 1 is 1.12 bits per heavy atom. The van der Waals surface area contributed by atoms with Gasteiger partial charge >= 0.3 is 0 Å². The highest BCUT2D eigenvalue weighted by Crippen LogP contribution is 2.26. The van der Waals surface area contributed by atoms with E-state index in [1.165, 1.54) is 0 Å². The summed E-state index contributed by atoms with van der Waals surface area (Å²) in [5, 5.41) is 5.79. The lowest BCUT2D eigenvalue weighted by molar-refractivity contribution is 0.0303. The lowest BCUT2D eigenvalue weighted by atomic mass is 10.1. The lowest BCUT2D eigenvalue weighted by Crippen LogP contribution is -2.40. The van der Waals surface area contributed by atoms with Crippen LogP contribution in [0, 0.1) is 5.92 Å². The van der Waals surface area contributed by atoms with Crippen LogP contribution in [0.1, 0.15) is 34.6 Å². The second kappa shape index (κ2) is 11.4. The third-order valence-electron chi connectivity index (χ3n) is 4.68. The first-order chi connectivity index (χ1) is 15.3. The van der Waals surface area contributed by atoms with Crippen molar-refractivity contribution < 1.29 is 19.1 Å². The van der Waals surface area contributed by atoms with Gasteiger partial charge in [-0.2, -0.15) is 0 Å². The Balaban J connectivity index is 1.54. The Labute approximate surface area is 201 Å². The number of thiocarbonyl (C=S) groups is 1. The maximum Gasteiger partial charge on any atom is 0.257 e. The van der Waals surface area contributed by atoms with Crippen LogP contribution in [0.25, 0.3) is 0 Å². The largest absolute Gasteiger partial charge is 0.492 e. The summed E-state index contributed by atoms with van der Waals surface area (Å²) in [6, 6.07) is 12.1. The molecule has 0 atom stereocenters. The molecule has 2 amide bonds. The van der Waals surface area contributed by atoms with Crippen molar-refractivity contribution in [3.8, 4) is 5.75 Å². The van der Waals surface area contributed by atoms with Gasteiger partial charge in [0.25, 0.3) is 11.8 Å². The van der Waals surface area contributed by atoms with E-state index in [-0.39, 0.29) is 16.9 Å². The number of carbonyl (C=O) groups excluding carboxylic acids is 2. The average Bonchev–Trinajstić information content (AvgIpc) is 2.78. The second-order valence-corrected chi connectivity index (χ2v) is 9.00. The second-order valence-electron chi connectivity index (χ2n) is 7.74. The van der Waals surface area contributed by atoms with Gasteiger partial charge in [0.1, 0.15) is 5.75 Å². The molecule has 0 aliphatic carbocycles. The van der Waals surface area contributed by atoms with Gasteiger partial charge in [-0.25, -0.2) is 0 Å². The van der Waals surface area contributed by atoms with E-state index in [0.29, 0.717) is 65.9 Å². The van der Waals surface area contributed by atoms with Crippen LogP contribution in [0.3, 0.4) is 0 Å². The molecule has 9 heteroatoms. The summed E-state index contributed by atoms with van der Waals surface area (Å²) in [6.07, 6.45) is 0. The van der Waals surface area contributed by atoms with Crippen molar-refractivity contribution in [1.82, 2.24) is 10.2 Å². The molecule has 1 aliphatic rings. The van der Waals surface area contributed by atoms with Crippen molar-refractivity contribution in [3.05, 3.63) is 58.1 Å². The summed E-state index contributed by atoms with van der Waals surface area (Å²) in [5.74, 6) is 0.724. The summed E-state index contributed by atoms with van der Waals surface area (Å²) in [7, 11) is 0. The van der Waals surface area contributed by atoms with E-state index in [9.17, 15) is 9.59 Å². The zero-order chi connectivity index (χ0) is 23.1. The fraction of sp³-hybridized carbons (Fsp3) is 0.348. The minimum absolute atomic E-state index is 0.0258. The van der Waals surface area contributed by atoms with Crippen molar-refractivity contribution in [1.29, 1.82) is 0 Å². The summed E-state index contributed by atoms with van der Waals surface area (Å²) < 4.78 is 11.7. The van der Waals surface area contributed by atoms with Crippen LogP contribution in [-0.4, -0.2) is 54.7 Å². The molecule has 2 aromatic rings. The number of hydrogen-bond donors (Lipinski definition) is 2. The van der Waals surface area contributed by atoms with Crippen LogP contribution in [0.5, 0.6) is 5.75 Å². The molecule has 2 aromatic carbocycles. The van der Waals surface area contributed by atoms with Crippen LogP contribution >= 0.6 is 28.1 Å². The third kappa shape index (κ3) is 6.75. The van der Waals surface area contributed by atoms with E-state index in [1.54, 1.807) is 47.4 Å². The minimum atomic E-state index is -0.335. The molecule has 0 radical (unpaired) electrons. The maximum absolute atomic E-state index is 12.5. The molecular formula is C23H26BrN3O4S. The Morgan fingerprint density at radius 2 is 1.78 bits per heavy atom. The summed E-state index contributed by atoms with van der Waals surface area (Å²) >= 11 is 8.70. The number of morpholine rings is 1. The highest BCUT2D eigenvalue weighted by Gasteiger charge is 2.18. The van der Waals surface area contributed by atoms with E-state index in [4.69, 9.17) is 21.7 Å². The molecule has 1 heterocycles. The van der Waals surface area contributed by atoms with Crippen molar-refractivity contribution in [2.75, 3.05) is 38.2 Å². The van der Waals surface area contributed by atoms with Gasteiger partial charge in [-0.1, -0.05) is 13.8 Å². The molecule has 2 N–H and O–H groups in total. The molecule has 0 saturated carbocycles.